The molecular formula is C18H19BrN6O2S. The normalized spacial score (nSPS) is 12.8. The van der Waals surface area contributed by atoms with Crippen LogP contribution in [0.4, 0.5) is 0 Å². The van der Waals surface area contributed by atoms with Crippen molar-refractivity contribution in [3.63, 3.8) is 0 Å². The van der Waals surface area contributed by atoms with E-state index in [9.17, 15) is 4.79 Å². The van der Waals surface area contributed by atoms with Crippen molar-refractivity contribution < 1.29 is 9.53 Å². The first-order valence-electron chi connectivity index (χ1n) is 8.74. The van der Waals surface area contributed by atoms with E-state index in [0.29, 0.717) is 22.9 Å². The summed E-state index contributed by atoms with van der Waals surface area (Å²) in [5, 5.41) is 10.0. The van der Waals surface area contributed by atoms with Crippen LogP contribution in [0.15, 0.2) is 10.8 Å². The molecule has 4 aromatic heterocycles. The van der Waals surface area contributed by atoms with Crippen LogP contribution in [0.5, 0.6) is 0 Å². The second kappa shape index (κ2) is 6.93. The highest BCUT2D eigenvalue weighted by Gasteiger charge is 2.22. The number of ether oxygens (including phenoxy) is 1. The first kappa shape index (κ1) is 19.0. The van der Waals surface area contributed by atoms with Crippen molar-refractivity contribution in [2.75, 3.05) is 7.11 Å². The van der Waals surface area contributed by atoms with Gasteiger partial charge in [0.05, 0.1) is 29.2 Å². The highest BCUT2D eigenvalue weighted by atomic mass is 79.9. The predicted molar refractivity (Wildman–Crippen MR) is 110 cm³/mol. The molecule has 0 saturated carbocycles. The topological polar surface area (TPSA) is 87.2 Å². The average Bonchev–Trinajstić information content (AvgIpc) is 3.32. The quantitative estimate of drug-likeness (QED) is 0.428. The molecule has 0 unspecified atom stereocenters. The molecule has 0 aromatic carbocycles. The molecule has 0 saturated heterocycles. The lowest BCUT2D eigenvalue weighted by molar-refractivity contribution is 0.0605. The molecular weight excluding hydrogens is 444 g/mol. The summed E-state index contributed by atoms with van der Waals surface area (Å²) >= 11 is 4.88. The van der Waals surface area contributed by atoms with E-state index < -0.39 is 0 Å². The smallest absolute Gasteiger partial charge is 0.348 e. The van der Waals surface area contributed by atoms with E-state index in [-0.39, 0.29) is 11.9 Å². The lowest BCUT2D eigenvalue weighted by atomic mass is 10.1. The van der Waals surface area contributed by atoms with E-state index in [4.69, 9.17) is 9.72 Å². The number of aromatic nitrogens is 6. The summed E-state index contributed by atoms with van der Waals surface area (Å²) in [5.41, 5.74) is 3.56. The van der Waals surface area contributed by atoms with Gasteiger partial charge >= 0.3 is 5.97 Å². The summed E-state index contributed by atoms with van der Waals surface area (Å²) in [4.78, 5) is 22.5. The van der Waals surface area contributed by atoms with Gasteiger partial charge in [0.2, 0.25) is 0 Å². The molecule has 0 bridgehead atoms. The van der Waals surface area contributed by atoms with Gasteiger partial charge in [-0.1, -0.05) is 6.92 Å². The van der Waals surface area contributed by atoms with Crippen LogP contribution < -0.4 is 0 Å². The monoisotopic (exact) mass is 462 g/mol. The van der Waals surface area contributed by atoms with Gasteiger partial charge in [-0.25, -0.2) is 19.3 Å². The molecule has 28 heavy (non-hydrogen) atoms. The van der Waals surface area contributed by atoms with Crippen LogP contribution in [0.3, 0.4) is 0 Å². The second-order valence-electron chi connectivity index (χ2n) is 6.78. The van der Waals surface area contributed by atoms with E-state index in [0.717, 1.165) is 31.6 Å². The van der Waals surface area contributed by atoms with Crippen LogP contribution in [-0.4, -0.2) is 42.4 Å². The zero-order chi connectivity index (χ0) is 20.2. The number of hydrogen-bond donors (Lipinski definition) is 0. The molecule has 8 nitrogen and oxygen atoms in total. The molecule has 4 aromatic rings. The minimum absolute atomic E-state index is 0.0545. The minimum Gasteiger partial charge on any atom is -0.465 e. The van der Waals surface area contributed by atoms with Crippen LogP contribution in [0.1, 0.15) is 45.3 Å². The van der Waals surface area contributed by atoms with Crippen LogP contribution >= 0.6 is 27.3 Å². The number of rotatable bonds is 4. The molecule has 0 radical (unpaired) electrons. The standard InChI is InChI=1S/C18H19BrN6O2S/c1-8(6-24-11(4)13(19)10(3)22-24)15-21-16-12-9(2)14(18(26)27-5)28-17(12)20-7-25(16)23-15/h7-8H,6H2,1-5H3/t8-/m0/s1. The summed E-state index contributed by atoms with van der Waals surface area (Å²) in [5.74, 6) is 0.406. The van der Waals surface area contributed by atoms with Crippen molar-refractivity contribution >= 4 is 49.1 Å². The van der Waals surface area contributed by atoms with Gasteiger partial charge in [0, 0.05) is 11.6 Å². The van der Waals surface area contributed by atoms with Gasteiger partial charge in [0.1, 0.15) is 16.0 Å². The Hall–Kier alpha value is -2.33. The lowest BCUT2D eigenvalue weighted by Crippen LogP contribution is -2.10. The Bertz CT molecular complexity index is 1220. The van der Waals surface area contributed by atoms with Gasteiger partial charge in [0.25, 0.3) is 0 Å². The third-order valence-electron chi connectivity index (χ3n) is 4.84. The summed E-state index contributed by atoms with van der Waals surface area (Å²) in [6, 6.07) is 0. The molecule has 0 fully saturated rings. The molecule has 10 heteroatoms. The average molecular weight is 463 g/mol. The molecule has 4 rings (SSSR count). The largest absolute Gasteiger partial charge is 0.465 e. The summed E-state index contributed by atoms with van der Waals surface area (Å²) in [6.07, 6.45) is 1.64. The van der Waals surface area contributed by atoms with E-state index in [1.165, 1.54) is 18.4 Å². The molecule has 146 valence electrons. The maximum absolute atomic E-state index is 12.0. The summed E-state index contributed by atoms with van der Waals surface area (Å²) in [6.45, 7) is 8.64. The number of fused-ring (bicyclic) bond motifs is 3. The zero-order valence-electron chi connectivity index (χ0n) is 16.1. The van der Waals surface area contributed by atoms with Crippen molar-refractivity contribution in [1.82, 2.24) is 29.4 Å². The molecule has 4 heterocycles. The maximum Gasteiger partial charge on any atom is 0.348 e. The Morgan fingerprint density at radius 2 is 2.07 bits per heavy atom. The van der Waals surface area contributed by atoms with Crippen LogP contribution in [0.25, 0.3) is 15.9 Å². The number of esters is 1. The van der Waals surface area contributed by atoms with Crippen molar-refractivity contribution in [2.45, 2.75) is 40.2 Å². The number of carbonyl (C=O) groups is 1. The highest BCUT2D eigenvalue weighted by Crippen LogP contribution is 2.32. The number of nitrogens with zero attached hydrogens (tertiary/aromatic N) is 6. The van der Waals surface area contributed by atoms with E-state index in [2.05, 4.69) is 38.0 Å². The molecule has 0 amide bonds. The number of aryl methyl sites for hydroxylation is 2. The Labute approximate surface area is 173 Å². The van der Waals surface area contributed by atoms with Gasteiger partial charge < -0.3 is 4.74 Å². The van der Waals surface area contributed by atoms with Gasteiger partial charge in [-0.3, -0.25) is 4.68 Å². The highest BCUT2D eigenvalue weighted by molar-refractivity contribution is 9.10. The molecule has 0 spiro atoms. The van der Waals surface area contributed by atoms with Crippen LogP contribution in [0, 0.1) is 20.8 Å². The Kier molecular flexibility index (Phi) is 4.70. The minimum atomic E-state index is -0.359. The number of thiophene rings is 1. The second-order valence-corrected chi connectivity index (χ2v) is 8.57. The van der Waals surface area contributed by atoms with Crippen LogP contribution in [0.2, 0.25) is 0 Å². The van der Waals surface area contributed by atoms with E-state index >= 15 is 0 Å². The Morgan fingerprint density at radius 3 is 2.71 bits per heavy atom. The van der Waals surface area contributed by atoms with Crippen molar-refractivity contribution in [2.24, 2.45) is 0 Å². The van der Waals surface area contributed by atoms with Gasteiger partial charge in [-0.15, -0.1) is 16.4 Å². The third kappa shape index (κ3) is 2.91. The molecule has 0 aliphatic heterocycles. The SMILES string of the molecule is COC(=O)c1sc2ncn3nc([C@@H](C)Cn4nc(C)c(Br)c4C)nc3c2c1C. The van der Waals surface area contributed by atoms with Gasteiger partial charge in [0.15, 0.2) is 11.5 Å². The first-order valence-corrected chi connectivity index (χ1v) is 10.3. The predicted octanol–water partition coefficient (Wildman–Crippen LogP) is 3.81. The fraction of sp³-hybridized carbons (Fsp3) is 0.389. The number of carbonyl (C=O) groups excluding carboxylic acids is 1. The fourth-order valence-electron chi connectivity index (χ4n) is 3.24. The van der Waals surface area contributed by atoms with E-state index in [1.807, 2.05) is 25.5 Å². The number of halogens is 1. The molecule has 0 N–H and O–H groups in total. The zero-order valence-corrected chi connectivity index (χ0v) is 18.6. The Balaban J connectivity index is 1.76. The number of hydrogen-bond acceptors (Lipinski definition) is 7. The van der Waals surface area contributed by atoms with E-state index in [1.54, 1.807) is 10.8 Å². The fourth-order valence-corrected chi connectivity index (χ4v) is 4.59. The van der Waals surface area contributed by atoms with Gasteiger partial charge in [-0.2, -0.15) is 5.10 Å². The lowest BCUT2D eigenvalue weighted by Gasteiger charge is -2.09. The molecule has 0 aliphatic carbocycles. The van der Waals surface area contributed by atoms with Crippen molar-refractivity contribution in [3.05, 3.63) is 38.5 Å². The third-order valence-corrected chi connectivity index (χ3v) is 7.16. The Morgan fingerprint density at radius 1 is 1.32 bits per heavy atom. The summed E-state index contributed by atoms with van der Waals surface area (Å²) < 4.78 is 9.54. The first-order chi connectivity index (χ1) is 13.3. The molecule has 0 aliphatic rings. The molecule has 1 atom stereocenters. The summed E-state index contributed by atoms with van der Waals surface area (Å²) in [7, 11) is 1.38. The van der Waals surface area contributed by atoms with Gasteiger partial charge in [-0.05, 0) is 42.3 Å². The van der Waals surface area contributed by atoms with Crippen molar-refractivity contribution in [1.29, 1.82) is 0 Å². The van der Waals surface area contributed by atoms with Crippen LogP contribution in [-0.2, 0) is 11.3 Å². The van der Waals surface area contributed by atoms with Crippen molar-refractivity contribution in [3.8, 4) is 0 Å². The maximum atomic E-state index is 12.0. The number of methoxy groups -OCH3 is 1.